The molecule has 0 radical (unpaired) electrons. The molecule has 0 aromatic heterocycles. The number of benzene rings is 2. The molecule has 4 rings (SSSR count). The van der Waals surface area contributed by atoms with Gasteiger partial charge in [0.25, 0.3) is 0 Å². The number of aliphatic imine (C=N–C) groups is 2. The normalized spacial score (nSPS) is 19.5. The van der Waals surface area contributed by atoms with Crippen molar-refractivity contribution >= 4 is 23.3 Å². The highest BCUT2D eigenvalue weighted by molar-refractivity contribution is 6.49. The number of carbonyl (C=O) groups is 1. The lowest BCUT2D eigenvalue weighted by Gasteiger charge is -2.18. The van der Waals surface area contributed by atoms with Gasteiger partial charge in [0.1, 0.15) is 5.71 Å². The Morgan fingerprint density at radius 2 is 1.89 bits per heavy atom. The van der Waals surface area contributed by atoms with Gasteiger partial charge in [-0.2, -0.15) is 0 Å². The van der Waals surface area contributed by atoms with E-state index in [0.29, 0.717) is 28.8 Å². The molecule has 0 spiro atoms. The molecular formula is C22H22N2O4. The molecule has 1 fully saturated rings. The number of nitrogens with zero attached hydrogens (tertiary/aromatic N) is 2. The second kappa shape index (κ2) is 7.84. The van der Waals surface area contributed by atoms with Crippen LogP contribution < -0.4 is 9.47 Å². The standard InChI is InChI=1S/C22H22N2O4/c1-27-18-13-7-11-16-19(24-17-12-6-5-10-15(17)22(25)26)21(28-20(16)18)23-14-8-3-2-4-9-14/h5-7,10-14H,2-4,8-9H2,1H3,(H,25,26). The van der Waals surface area contributed by atoms with E-state index in [2.05, 4.69) is 4.99 Å². The van der Waals surface area contributed by atoms with E-state index in [4.69, 9.17) is 14.5 Å². The monoisotopic (exact) mass is 378 g/mol. The van der Waals surface area contributed by atoms with Crippen LogP contribution in [0.25, 0.3) is 0 Å². The molecule has 0 bridgehead atoms. The predicted octanol–water partition coefficient (Wildman–Crippen LogP) is 4.64. The molecule has 6 heteroatoms. The van der Waals surface area contributed by atoms with E-state index in [-0.39, 0.29) is 11.6 Å². The molecule has 1 heterocycles. The summed E-state index contributed by atoms with van der Waals surface area (Å²) in [5.41, 5.74) is 1.83. The number of ether oxygens (including phenoxy) is 2. The lowest BCUT2D eigenvalue weighted by molar-refractivity contribution is 0.0698. The predicted molar refractivity (Wildman–Crippen MR) is 108 cm³/mol. The summed E-state index contributed by atoms with van der Waals surface area (Å²) in [7, 11) is 1.59. The van der Waals surface area contributed by atoms with Crippen LogP contribution in [0.3, 0.4) is 0 Å². The molecule has 6 nitrogen and oxygen atoms in total. The van der Waals surface area contributed by atoms with E-state index in [1.807, 2.05) is 18.2 Å². The Balaban J connectivity index is 1.83. The maximum atomic E-state index is 11.6. The third-order valence-electron chi connectivity index (χ3n) is 5.10. The fraction of sp³-hybridized carbons (Fsp3) is 0.318. The third kappa shape index (κ3) is 3.50. The first-order chi connectivity index (χ1) is 13.7. The second-order valence-corrected chi connectivity index (χ2v) is 6.95. The first kappa shape index (κ1) is 18.2. The highest BCUT2D eigenvalue weighted by atomic mass is 16.5. The number of carboxylic acids is 1. The van der Waals surface area contributed by atoms with Gasteiger partial charge in [0.05, 0.1) is 30.0 Å². The van der Waals surface area contributed by atoms with E-state index < -0.39 is 5.97 Å². The van der Waals surface area contributed by atoms with E-state index in [9.17, 15) is 9.90 Å². The summed E-state index contributed by atoms with van der Waals surface area (Å²) in [4.78, 5) is 21.1. The van der Waals surface area contributed by atoms with Crippen LogP contribution in [0.1, 0.15) is 48.0 Å². The number of aromatic carboxylic acids is 1. The summed E-state index contributed by atoms with van der Waals surface area (Å²) in [6.07, 6.45) is 5.61. The van der Waals surface area contributed by atoms with Crippen LogP contribution in [-0.2, 0) is 0 Å². The van der Waals surface area contributed by atoms with Crippen molar-refractivity contribution in [1.29, 1.82) is 0 Å². The number of fused-ring (bicyclic) bond motifs is 1. The molecule has 0 unspecified atom stereocenters. The van der Waals surface area contributed by atoms with Crippen LogP contribution in [0.15, 0.2) is 52.4 Å². The number of hydrogen-bond donors (Lipinski definition) is 1. The summed E-state index contributed by atoms with van der Waals surface area (Å²) >= 11 is 0. The zero-order valence-electron chi connectivity index (χ0n) is 15.7. The van der Waals surface area contributed by atoms with Gasteiger partial charge >= 0.3 is 5.97 Å². The van der Waals surface area contributed by atoms with Crippen molar-refractivity contribution < 1.29 is 19.4 Å². The molecule has 0 saturated heterocycles. The largest absolute Gasteiger partial charge is 0.493 e. The fourth-order valence-corrected chi connectivity index (χ4v) is 3.67. The van der Waals surface area contributed by atoms with Gasteiger partial charge in [-0.05, 0) is 37.1 Å². The first-order valence-corrected chi connectivity index (χ1v) is 9.52. The molecular weight excluding hydrogens is 356 g/mol. The van der Waals surface area contributed by atoms with Gasteiger partial charge in [-0.1, -0.05) is 37.5 Å². The number of hydrogen-bond acceptors (Lipinski definition) is 5. The van der Waals surface area contributed by atoms with E-state index >= 15 is 0 Å². The average molecular weight is 378 g/mol. The van der Waals surface area contributed by atoms with Gasteiger partial charge < -0.3 is 14.6 Å². The van der Waals surface area contributed by atoms with Gasteiger partial charge in [-0.3, -0.25) is 0 Å². The van der Waals surface area contributed by atoms with Crippen molar-refractivity contribution in [2.75, 3.05) is 7.11 Å². The minimum absolute atomic E-state index is 0.142. The number of rotatable bonds is 4. The van der Waals surface area contributed by atoms with Crippen LogP contribution in [0.4, 0.5) is 5.69 Å². The zero-order valence-corrected chi connectivity index (χ0v) is 15.7. The summed E-state index contributed by atoms with van der Waals surface area (Å²) in [6, 6.07) is 12.5. The molecule has 2 aromatic rings. The lowest BCUT2D eigenvalue weighted by atomic mass is 9.96. The van der Waals surface area contributed by atoms with E-state index in [1.54, 1.807) is 31.4 Å². The highest BCUT2D eigenvalue weighted by Crippen LogP contribution is 2.38. The summed E-state index contributed by atoms with van der Waals surface area (Å²) in [5, 5.41) is 9.49. The summed E-state index contributed by atoms with van der Waals surface area (Å²) < 4.78 is 11.5. The Hall–Kier alpha value is -3.15. The Bertz CT molecular complexity index is 959. The Morgan fingerprint density at radius 1 is 1.11 bits per heavy atom. The molecule has 28 heavy (non-hydrogen) atoms. The maximum absolute atomic E-state index is 11.6. The first-order valence-electron chi connectivity index (χ1n) is 9.52. The number of para-hydroxylation sites is 2. The zero-order chi connectivity index (χ0) is 19.5. The minimum atomic E-state index is -1.02. The molecule has 1 saturated carbocycles. The quantitative estimate of drug-likeness (QED) is 0.840. The van der Waals surface area contributed by atoms with Crippen LogP contribution in [0.2, 0.25) is 0 Å². The molecule has 1 N–H and O–H groups in total. The second-order valence-electron chi connectivity index (χ2n) is 6.95. The molecule has 144 valence electrons. The van der Waals surface area contributed by atoms with Gasteiger partial charge in [0, 0.05) is 0 Å². The molecule has 1 aliphatic heterocycles. The van der Waals surface area contributed by atoms with Gasteiger partial charge in [-0.15, -0.1) is 0 Å². The van der Waals surface area contributed by atoms with E-state index in [0.717, 1.165) is 31.2 Å². The van der Waals surface area contributed by atoms with Crippen LogP contribution >= 0.6 is 0 Å². The van der Waals surface area contributed by atoms with Crippen molar-refractivity contribution in [2.45, 2.75) is 38.1 Å². The van der Waals surface area contributed by atoms with Crippen molar-refractivity contribution in [3.63, 3.8) is 0 Å². The molecule has 2 aliphatic rings. The fourth-order valence-electron chi connectivity index (χ4n) is 3.67. The van der Waals surface area contributed by atoms with Crippen molar-refractivity contribution in [2.24, 2.45) is 9.98 Å². The third-order valence-corrected chi connectivity index (χ3v) is 5.10. The molecule has 0 atom stereocenters. The van der Waals surface area contributed by atoms with Crippen molar-refractivity contribution in [3.05, 3.63) is 53.6 Å². The molecule has 1 aliphatic carbocycles. The van der Waals surface area contributed by atoms with Gasteiger partial charge in [0.2, 0.25) is 5.90 Å². The minimum Gasteiger partial charge on any atom is -0.493 e. The van der Waals surface area contributed by atoms with Crippen molar-refractivity contribution in [3.8, 4) is 11.5 Å². The maximum Gasteiger partial charge on any atom is 0.337 e. The van der Waals surface area contributed by atoms with Crippen molar-refractivity contribution in [1.82, 2.24) is 0 Å². The Kier molecular flexibility index (Phi) is 5.10. The molecule has 2 aromatic carbocycles. The van der Waals surface area contributed by atoms with Crippen LogP contribution in [0, 0.1) is 0 Å². The van der Waals surface area contributed by atoms with Crippen LogP contribution in [0.5, 0.6) is 11.5 Å². The Labute approximate surface area is 163 Å². The lowest BCUT2D eigenvalue weighted by Crippen LogP contribution is -2.19. The number of carboxylic acid groups (broad SMARTS) is 1. The van der Waals surface area contributed by atoms with Crippen LogP contribution in [-0.4, -0.2) is 35.8 Å². The average Bonchev–Trinajstić information content (AvgIpc) is 3.06. The van der Waals surface area contributed by atoms with Gasteiger partial charge in [-0.25, -0.2) is 14.8 Å². The SMILES string of the molecule is COc1cccc2c1OC(=NC1CCCCC1)C2=Nc1ccccc1C(=O)O. The smallest absolute Gasteiger partial charge is 0.337 e. The summed E-state index contributed by atoms with van der Waals surface area (Å²) in [6.45, 7) is 0. The van der Waals surface area contributed by atoms with Gasteiger partial charge in [0.15, 0.2) is 11.5 Å². The highest BCUT2D eigenvalue weighted by Gasteiger charge is 2.31. The van der Waals surface area contributed by atoms with E-state index in [1.165, 1.54) is 6.42 Å². The topological polar surface area (TPSA) is 80.5 Å². The Morgan fingerprint density at radius 3 is 2.64 bits per heavy atom. The molecule has 0 amide bonds. The summed E-state index contributed by atoms with van der Waals surface area (Å²) in [5.74, 6) is 0.596. The number of methoxy groups -OCH3 is 1.